The molecule has 0 bridgehead atoms. The predicted octanol–water partition coefficient (Wildman–Crippen LogP) is 1.91. The maximum Gasteiger partial charge on any atom is 0.287 e. The molecule has 7 heteroatoms. The first-order valence-electron chi connectivity index (χ1n) is 9.17. The van der Waals surface area contributed by atoms with E-state index in [1.165, 1.54) is 44.8 Å². The SMILES string of the molecule is CN=C(NCCNC(=O)c1ccco1)NCCOC1CCCCCC1. The van der Waals surface area contributed by atoms with Crippen LogP contribution in [-0.2, 0) is 4.74 Å². The number of nitrogens with one attached hydrogen (secondary N) is 3. The van der Waals surface area contributed by atoms with Gasteiger partial charge < -0.3 is 25.1 Å². The lowest BCUT2D eigenvalue weighted by Crippen LogP contribution is -2.42. The van der Waals surface area contributed by atoms with Crippen LogP contribution in [0.4, 0.5) is 0 Å². The second-order valence-electron chi connectivity index (χ2n) is 6.14. The third-order valence-corrected chi connectivity index (χ3v) is 4.22. The molecule has 1 fully saturated rings. The lowest BCUT2D eigenvalue weighted by Gasteiger charge is -2.16. The summed E-state index contributed by atoms with van der Waals surface area (Å²) < 4.78 is 11.0. The monoisotopic (exact) mass is 350 g/mol. The standard InChI is InChI=1S/C18H30N4O3/c1-19-18(21-11-10-20-17(23)16-9-6-13-25-16)22-12-14-24-15-7-4-2-3-5-8-15/h6,9,13,15H,2-5,7-8,10-12,14H2,1H3,(H,20,23)(H2,19,21,22). The Morgan fingerprint density at radius 3 is 2.56 bits per heavy atom. The highest BCUT2D eigenvalue weighted by Crippen LogP contribution is 2.19. The van der Waals surface area contributed by atoms with Crippen LogP contribution in [0.2, 0.25) is 0 Å². The summed E-state index contributed by atoms with van der Waals surface area (Å²) in [6.45, 7) is 2.46. The number of hydrogen-bond donors (Lipinski definition) is 3. The van der Waals surface area contributed by atoms with Crippen molar-refractivity contribution in [1.29, 1.82) is 0 Å². The molecule has 0 aromatic carbocycles. The van der Waals surface area contributed by atoms with Crippen molar-refractivity contribution in [2.24, 2.45) is 4.99 Å². The Hall–Kier alpha value is -2.02. The van der Waals surface area contributed by atoms with Crippen LogP contribution in [0.1, 0.15) is 49.1 Å². The summed E-state index contributed by atoms with van der Waals surface area (Å²) in [4.78, 5) is 15.9. The molecule has 1 saturated carbocycles. The zero-order valence-electron chi connectivity index (χ0n) is 15.1. The fourth-order valence-corrected chi connectivity index (χ4v) is 2.88. The highest BCUT2D eigenvalue weighted by molar-refractivity contribution is 5.91. The zero-order chi connectivity index (χ0) is 17.7. The van der Waals surface area contributed by atoms with Gasteiger partial charge in [0.1, 0.15) is 0 Å². The Balaban J connectivity index is 1.52. The van der Waals surface area contributed by atoms with Gasteiger partial charge in [-0.15, -0.1) is 0 Å². The number of ether oxygens (including phenoxy) is 1. The minimum absolute atomic E-state index is 0.216. The van der Waals surface area contributed by atoms with Crippen molar-refractivity contribution >= 4 is 11.9 Å². The van der Waals surface area contributed by atoms with E-state index in [-0.39, 0.29) is 5.91 Å². The van der Waals surface area contributed by atoms with Gasteiger partial charge in [-0.1, -0.05) is 25.7 Å². The van der Waals surface area contributed by atoms with Crippen LogP contribution in [-0.4, -0.2) is 51.3 Å². The number of aliphatic imine (C=N–C) groups is 1. The Morgan fingerprint density at radius 1 is 1.16 bits per heavy atom. The molecule has 1 aliphatic carbocycles. The van der Waals surface area contributed by atoms with Gasteiger partial charge >= 0.3 is 0 Å². The number of nitrogens with zero attached hydrogens (tertiary/aromatic N) is 1. The van der Waals surface area contributed by atoms with E-state index in [0.717, 1.165) is 6.54 Å². The quantitative estimate of drug-likeness (QED) is 0.288. The van der Waals surface area contributed by atoms with Gasteiger partial charge in [-0.2, -0.15) is 0 Å². The van der Waals surface area contributed by atoms with Crippen molar-refractivity contribution in [3.05, 3.63) is 24.2 Å². The summed E-state index contributed by atoms with van der Waals surface area (Å²) in [5, 5.41) is 9.16. The average Bonchev–Trinajstić information content (AvgIpc) is 3.05. The third kappa shape index (κ3) is 7.60. The topological polar surface area (TPSA) is 87.9 Å². The van der Waals surface area contributed by atoms with Crippen molar-refractivity contribution in [2.75, 3.05) is 33.3 Å². The first kappa shape index (κ1) is 19.3. The fourth-order valence-electron chi connectivity index (χ4n) is 2.88. The molecule has 1 aromatic rings. The molecule has 1 amide bonds. The van der Waals surface area contributed by atoms with Crippen LogP contribution in [0, 0.1) is 0 Å². The molecule has 7 nitrogen and oxygen atoms in total. The van der Waals surface area contributed by atoms with Crippen LogP contribution in [0.3, 0.4) is 0 Å². The van der Waals surface area contributed by atoms with Crippen LogP contribution in [0.15, 0.2) is 27.8 Å². The first-order chi connectivity index (χ1) is 12.3. The second kappa shape index (κ2) is 11.5. The Bertz CT molecular complexity index is 508. The number of carbonyl (C=O) groups excluding carboxylic acids is 1. The normalized spacial score (nSPS) is 16.3. The van der Waals surface area contributed by atoms with E-state index in [4.69, 9.17) is 9.15 Å². The summed E-state index contributed by atoms with van der Waals surface area (Å²) in [7, 11) is 1.73. The van der Waals surface area contributed by atoms with Crippen LogP contribution >= 0.6 is 0 Å². The Kier molecular flexibility index (Phi) is 8.90. The minimum atomic E-state index is -0.216. The number of amides is 1. The lowest BCUT2D eigenvalue weighted by molar-refractivity contribution is 0.0468. The molecule has 3 N–H and O–H groups in total. The number of carbonyl (C=O) groups is 1. The van der Waals surface area contributed by atoms with Crippen molar-refractivity contribution in [2.45, 2.75) is 44.6 Å². The molecule has 0 unspecified atom stereocenters. The van der Waals surface area contributed by atoms with Gasteiger partial charge in [-0.25, -0.2) is 0 Å². The van der Waals surface area contributed by atoms with Gasteiger partial charge in [0.05, 0.1) is 19.0 Å². The summed E-state index contributed by atoms with van der Waals surface area (Å²) in [5.74, 6) is 0.807. The smallest absolute Gasteiger partial charge is 0.287 e. The summed E-state index contributed by atoms with van der Waals surface area (Å²) in [6, 6.07) is 3.33. The molecule has 1 aromatic heterocycles. The van der Waals surface area contributed by atoms with E-state index in [1.807, 2.05) is 0 Å². The van der Waals surface area contributed by atoms with E-state index in [2.05, 4.69) is 20.9 Å². The molecule has 1 aliphatic rings. The highest BCUT2D eigenvalue weighted by atomic mass is 16.5. The number of guanidine groups is 1. The van der Waals surface area contributed by atoms with Crippen molar-refractivity contribution in [3.63, 3.8) is 0 Å². The van der Waals surface area contributed by atoms with Gasteiger partial charge in [0.25, 0.3) is 5.91 Å². The predicted molar refractivity (Wildman–Crippen MR) is 97.8 cm³/mol. The average molecular weight is 350 g/mol. The van der Waals surface area contributed by atoms with Crippen molar-refractivity contribution < 1.29 is 13.9 Å². The Morgan fingerprint density at radius 2 is 1.88 bits per heavy atom. The minimum Gasteiger partial charge on any atom is -0.459 e. The van der Waals surface area contributed by atoms with Gasteiger partial charge in [-0.05, 0) is 25.0 Å². The summed E-state index contributed by atoms with van der Waals surface area (Å²) in [5.41, 5.74) is 0. The van der Waals surface area contributed by atoms with Gasteiger partial charge in [0, 0.05) is 26.7 Å². The van der Waals surface area contributed by atoms with Crippen molar-refractivity contribution in [1.82, 2.24) is 16.0 Å². The molecule has 140 valence electrons. The van der Waals surface area contributed by atoms with Crippen LogP contribution in [0.5, 0.6) is 0 Å². The van der Waals surface area contributed by atoms with E-state index in [0.29, 0.717) is 37.5 Å². The molecule has 0 spiro atoms. The van der Waals surface area contributed by atoms with Gasteiger partial charge in [0.2, 0.25) is 0 Å². The number of rotatable bonds is 8. The van der Waals surface area contributed by atoms with Crippen molar-refractivity contribution in [3.8, 4) is 0 Å². The summed E-state index contributed by atoms with van der Waals surface area (Å²) >= 11 is 0. The molecular weight excluding hydrogens is 320 g/mol. The van der Waals surface area contributed by atoms with Gasteiger partial charge in [-0.3, -0.25) is 9.79 Å². The zero-order valence-corrected chi connectivity index (χ0v) is 15.1. The third-order valence-electron chi connectivity index (χ3n) is 4.22. The second-order valence-corrected chi connectivity index (χ2v) is 6.14. The van der Waals surface area contributed by atoms with E-state index >= 15 is 0 Å². The molecular formula is C18H30N4O3. The maximum absolute atomic E-state index is 11.7. The molecule has 0 aliphatic heterocycles. The number of hydrogen-bond acceptors (Lipinski definition) is 4. The molecule has 0 saturated heterocycles. The molecule has 2 rings (SSSR count). The maximum atomic E-state index is 11.7. The highest BCUT2D eigenvalue weighted by Gasteiger charge is 2.12. The fraction of sp³-hybridized carbons (Fsp3) is 0.667. The van der Waals surface area contributed by atoms with E-state index < -0.39 is 0 Å². The number of furan rings is 1. The van der Waals surface area contributed by atoms with Crippen LogP contribution < -0.4 is 16.0 Å². The molecule has 1 heterocycles. The summed E-state index contributed by atoms with van der Waals surface area (Å²) in [6.07, 6.45) is 9.50. The Labute approximate surface area is 149 Å². The van der Waals surface area contributed by atoms with Gasteiger partial charge in [0.15, 0.2) is 11.7 Å². The van der Waals surface area contributed by atoms with E-state index in [9.17, 15) is 4.79 Å². The largest absolute Gasteiger partial charge is 0.459 e. The first-order valence-corrected chi connectivity index (χ1v) is 9.17. The molecule has 0 radical (unpaired) electrons. The molecule has 0 atom stereocenters. The van der Waals surface area contributed by atoms with Crippen LogP contribution in [0.25, 0.3) is 0 Å². The lowest BCUT2D eigenvalue weighted by atomic mass is 10.1. The van der Waals surface area contributed by atoms with E-state index in [1.54, 1.807) is 19.2 Å². The molecule has 25 heavy (non-hydrogen) atoms.